The van der Waals surface area contributed by atoms with Crippen molar-refractivity contribution in [2.75, 3.05) is 43.5 Å². The lowest BCUT2D eigenvalue weighted by atomic mass is 10.2. The molecule has 0 spiro atoms. The first-order valence-corrected chi connectivity index (χ1v) is 14.4. The minimum atomic E-state index is -4.12. The van der Waals surface area contributed by atoms with Gasteiger partial charge >= 0.3 is 0 Å². The minimum absolute atomic E-state index is 0.0479. The zero-order valence-corrected chi connectivity index (χ0v) is 22.7. The number of benzene rings is 3. The van der Waals surface area contributed by atoms with Gasteiger partial charge in [-0.3, -0.25) is 9.10 Å². The maximum absolute atomic E-state index is 13.8. The molecule has 11 heteroatoms. The average molecular weight is 544 g/mol. The lowest BCUT2D eigenvalue weighted by molar-refractivity contribution is -0.117. The average Bonchev–Trinajstić information content (AvgIpc) is 3.31. The molecule has 0 atom stereocenters. The van der Waals surface area contributed by atoms with E-state index in [-0.39, 0.29) is 15.5 Å². The first kappa shape index (κ1) is 26.6. The Morgan fingerprint density at radius 1 is 0.919 bits per heavy atom. The molecule has 0 unspecified atom stereocenters. The summed E-state index contributed by atoms with van der Waals surface area (Å²) in [4.78, 5) is 15.3. The summed E-state index contributed by atoms with van der Waals surface area (Å²) in [5.74, 6) is -0.122. The zero-order chi connectivity index (χ0) is 27.0. The van der Waals surface area contributed by atoms with Crippen molar-refractivity contribution < 1.29 is 26.4 Å². The first-order valence-electron chi connectivity index (χ1n) is 11.5. The Bertz CT molecular complexity index is 1540. The van der Waals surface area contributed by atoms with Crippen LogP contribution in [-0.2, 0) is 31.3 Å². The van der Waals surface area contributed by atoms with Crippen molar-refractivity contribution in [2.24, 2.45) is 0 Å². The van der Waals surface area contributed by atoms with Crippen LogP contribution in [0.3, 0.4) is 0 Å². The SMILES string of the molecule is COc1ccc(C)cc1N(CC(=O)N1CCc2cc(S(=O)(=O)N(C)C)ccc21)S(=O)(=O)c1ccccc1. The predicted octanol–water partition coefficient (Wildman–Crippen LogP) is 3.04. The molecule has 1 amide bonds. The number of amides is 1. The number of nitrogens with zero attached hydrogens (tertiary/aromatic N) is 3. The fourth-order valence-electron chi connectivity index (χ4n) is 4.23. The van der Waals surface area contributed by atoms with Crippen molar-refractivity contribution in [1.29, 1.82) is 0 Å². The Kier molecular flexibility index (Phi) is 7.31. The van der Waals surface area contributed by atoms with Gasteiger partial charge in [-0.1, -0.05) is 24.3 Å². The van der Waals surface area contributed by atoms with E-state index in [0.29, 0.717) is 30.0 Å². The number of ether oxygens (including phenoxy) is 1. The highest BCUT2D eigenvalue weighted by Crippen LogP contribution is 2.35. The quantitative estimate of drug-likeness (QED) is 0.433. The normalized spacial score (nSPS) is 13.5. The molecule has 0 bridgehead atoms. The van der Waals surface area contributed by atoms with Crippen LogP contribution in [0.25, 0.3) is 0 Å². The highest BCUT2D eigenvalue weighted by Gasteiger charge is 2.33. The van der Waals surface area contributed by atoms with Crippen LogP contribution in [0, 0.1) is 6.92 Å². The molecule has 0 aromatic heterocycles. The molecule has 0 N–H and O–H groups in total. The number of carbonyl (C=O) groups excluding carboxylic acids is 1. The second-order valence-electron chi connectivity index (χ2n) is 8.87. The molecule has 1 aliphatic rings. The second kappa shape index (κ2) is 10.2. The van der Waals surface area contributed by atoms with E-state index in [2.05, 4.69) is 0 Å². The summed E-state index contributed by atoms with van der Waals surface area (Å²) in [5, 5.41) is 0. The van der Waals surface area contributed by atoms with E-state index in [9.17, 15) is 21.6 Å². The fourth-order valence-corrected chi connectivity index (χ4v) is 6.62. The van der Waals surface area contributed by atoms with Gasteiger partial charge in [-0.05, 0) is 66.9 Å². The number of fused-ring (bicyclic) bond motifs is 1. The molecule has 0 fully saturated rings. The van der Waals surface area contributed by atoms with E-state index in [4.69, 9.17) is 4.74 Å². The Morgan fingerprint density at radius 2 is 1.62 bits per heavy atom. The maximum atomic E-state index is 13.8. The van der Waals surface area contributed by atoms with Crippen LogP contribution in [0.1, 0.15) is 11.1 Å². The van der Waals surface area contributed by atoms with Crippen LogP contribution in [0.4, 0.5) is 11.4 Å². The minimum Gasteiger partial charge on any atom is -0.495 e. The number of rotatable bonds is 8. The lowest BCUT2D eigenvalue weighted by Gasteiger charge is -2.28. The van der Waals surface area contributed by atoms with E-state index < -0.39 is 32.5 Å². The van der Waals surface area contributed by atoms with E-state index in [1.54, 1.807) is 48.5 Å². The van der Waals surface area contributed by atoms with Crippen molar-refractivity contribution in [3.8, 4) is 5.75 Å². The standard InChI is InChI=1S/C26H29N3O6S2/c1-19-10-13-25(35-4)24(16-19)29(37(33,34)21-8-6-5-7-9-21)18-26(30)28-15-14-20-17-22(11-12-23(20)28)36(31,32)27(2)3/h5-13,16-17H,14-15,18H2,1-4H3. The molecular weight excluding hydrogens is 514 g/mol. The molecule has 9 nitrogen and oxygen atoms in total. The summed E-state index contributed by atoms with van der Waals surface area (Å²) < 4.78 is 60.2. The number of aryl methyl sites for hydroxylation is 1. The Morgan fingerprint density at radius 3 is 2.27 bits per heavy atom. The molecule has 196 valence electrons. The van der Waals surface area contributed by atoms with Crippen molar-refractivity contribution in [3.63, 3.8) is 0 Å². The highest BCUT2D eigenvalue weighted by atomic mass is 32.2. The van der Waals surface area contributed by atoms with Gasteiger partial charge in [0.25, 0.3) is 10.0 Å². The Hall–Kier alpha value is -3.41. The van der Waals surface area contributed by atoms with Crippen molar-refractivity contribution >= 4 is 37.3 Å². The summed E-state index contributed by atoms with van der Waals surface area (Å²) in [6.07, 6.45) is 0.455. The number of hydrogen-bond acceptors (Lipinski definition) is 6. The van der Waals surface area contributed by atoms with Crippen LogP contribution >= 0.6 is 0 Å². The van der Waals surface area contributed by atoms with Gasteiger partial charge in [0.2, 0.25) is 15.9 Å². The van der Waals surface area contributed by atoms with Gasteiger partial charge in [0.15, 0.2) is 0 Å². The van der Waals surface area contributed by atoms with E-state index >= 15 is 0 Å². The van der Waals surface area contributed by atoms with Crippen molar-refractivity contribution in [3.05, 3.63) is 77.9 Å². The molecule has 0 saturated heterocycles. The van der Waals surface area contributed by atoms with Crippen LogP contribution in [0.15, 0.2) is 76.5 Å². The third-order valence-corrected chi connectivity index (χ3v) is 9.82. The molecule has 3 aromatic carbocycles. The molecule has 1 aliphatic heterocycles. The smallest absolute Gasteiger partial charge is 0.264 e. The number of methoxy groups -OCH3 is 1. The molecule has 4 rings (SSSR count). The molecule has 0 radical (unpaired) electrons. The van der Waals surface area contributed by atoms with Crippen LogP contribution in [0.2, 0.25) is 0 Å². The molecular formula is C26H29N3O6S2. The van der Waals surface area contributed by atoms with E-state index in [0.717, 1.165) is 14.2 Å². The lowest BCUT2D eigenvalue weighted by Crippen LogP contribution is -2.42. The van der Waals surface area contributed by atoms with Gasteiger partial charge in [-0.2, -0.15) is 0 Å². The fraction of sp³-hybridized carbons (Fsp3) is 0.269. The number of carbonyl (C=O) groups is 1. The van der Waals surface area contributed by atoms with Gasteiger partial charge < -0.3 is 9.64 Å². The van der Waals surface area contributed by atoms with Crippen LogP contribution in [-0.4, -0.2) is 61.3 Å². The Labute approximate surface area is 218 Å². The topological polar surface area (TPSA) is 104 Å². The third-order valence-electron chi connectivity index (χ3n) is 6.24. The highest BCUT2D eigenvalue weighted by molar-refractivity contribution is 7.93. The molecule has 1 heterocycles. The van der Waals surface area contributed by atoms with E-state index in [1.165, 1.54) is 44.3 Å². The molecule has 37 heavy (non-hydrogen) atoms. The van der Waals surface area contributed by atoms with Crippen LogP contribution in [0.5, 0.6) is 5.75 Å². The van der Waals surface area contributed by atoms with Gasteiger partial charge in [-0.25, -0.2) is 21.1 Å². The predicted molar refractivity (Wildman–Crippen MR) is 142 cm³/mol. The number of sulfonamides is 2. The second-order valence-corrected chi connectivity index (χ2v) is 12.9. The summed E-state index contributed by atoms with van der Waals surface area (Å²) in [6, 6.07) is 17.7. The maximum Gasteiger partial charge on any atom is 0.264 e. The van der Waals surface area contributed by atoms with Crippen molar-refractivity contribution in [2.45, 2.75) is 23.1 Å². The van der Waals surface area contributed by atoms with Gasteiger partial charge in [-0.15, -0.1) is 0 Å². The monoisotopic (exact) mass is 543 g/mol. The van der Waals surface area contributed by atoms with E-state index in [1.807, 2.05) is 6.92 Å². The van der Waals surface area contributed by atoms with Crippen molar-refractivity contribution in [1.82, 2.24) is 4.31 Å². The Balaban J connectivity index is 1.73. The first-order chi connectivity index (χ1) is 17.5. The van der Waals surface area contributed by atoms with Crippen LogP contribution < -0.4 is 13.9 Å². The zero-order valence-electron chi connectivity index (χ0n) is 21.1. The summed E-state index contributed by atoms with van der Waals surface area (Å²) in [7, 11) is -3.38. The largest absolute Gasteiger partial charge is 0.495 e. The van der Waals surface area contributed by atoms with Gasteiger partial charge in [0, 0.05) is 26.3 Å². The van der Waals surface area contributed by atoms with Gasteiger partial charge in [0.1, 0.15) is 12.3 Å². The summed E-state index contributed by atoms with van der Waals surface area (Å²) in [5.41, 5.74) is 2.34. The summed E-state index contributed by atoms with van der Waals surface area (Å²) in [6.45, 7) is 1.67. The van der Waals surface area contributed by atoms with Gasteiger partial charge in [0.05, 0.1) is 22.6 Å². The third kappa shape index (κ3) is 5.07. The number of hydrogen-bond donors (Lipinski definition) is 0. The molecule has 3 aromatic rings. The molecule has 0 aliphatic carbocycles. The number of anilines is 2. The summed E-state index contributed by atoms with van der Waals surface area (Å²) >= 11 is 0. The molecule has 0 saturated carbocycles.